The summed E-state index contributed by atoms with van der Waals surface area (Å²) in [6.45, 7) is 2.29. The van der Waals surface area contributed by atoms with Crippen LogP contribution in [-0.2, 0) is 9.53 Å². The molecular weight excluding hydrogens is 204 g/mol. The molecule has 4 nitrogen and oxygen atoms in total. The lowest BCUT2D eigenvalue weighted by molar-refractivity contribution is -0.129. The summed E-state index contributed by atoms with van der Waals surface area (Å²) in [5.74, 6) is 0.0670. The first-order chi connectivity index (χ1) is 7.61. The van der Waals surface area contributed by atoms with E-state index in [0.29, 0.717) is 6.61 Å². The molecule has 1 aliphatic heterocycles. The maximum absolute atomic E-state index is 11.8. The number of amides is 1. The molecule has 0 aromatic heterocycles. The largest absolute Gasteiger partial charge is 0.379 e. The Kier molecular flexibility index (Phi) is 5.49. The van der Waals surface area contributed by atoms with Gasteiger partial charge in [-0.3, -0.25) is 4.79 Å². The van der Waals surface area contributed by atoms with E-state index in [2.05, 4.69) is 0 Å². The van der Waals surface area contributed by atoms with E-state index in [1.165, 1.54) is 0 Å². The highest BCUT2D eigenvalue weighted by molar-refractivity contribution is 5.87. The molecule has 0 spiro atoms. The first kappa shape index (κ1) is 13.2. The number of rotatable bonds is 4. The monoisotopic (exact) mass is 226 g/mol. The van der Waals surface area contributed by atoms with Crippen molar-refractivity contribution in [1.29, 1.82) is 0 Å². The lowest BCUT2D eigenvalue weighted by Crippen LogP contribution is -2.41. The maximum Gasteiger partial charge on any atom is 0.246 e. The Morgan fingerprint density at radius 3 is 2.75 bits per heavy atom. The zero-order valence-corrected chi connectivity index (χ0v) is 10.5. The number of likely N-dealkylation sites (N-methyl/N-ethyl adjacent to an activating group) is 2. The Bertz CT molecular complexity index is 245. The fraction of sp³-hybridized carbons (Fsp3) is 0.750. The van der Waals surface area contributed by atoms with Gasteiger partial charge in [-0.15, -0.1) is 0 Å². The van der Waals surface area contributed by atoms with Crippen LogP contribution in [0.4, 0.5) is 0 Å². The number of carbonyl (C=O) groups is 1. The van der Waals surface area contributed by atoms with Crippen LogP contribution in [0.1, 0.15) is 12.8 Å². The second-order valence-corrected chi connectivity index (χ2v) is 4.48. The third-order valence-corrected chi connectivity index (χ3v) is 2.76. The van der Waals surface area contributed by atoms with Gasteiger partial charge in [0, 0.05) is 26.3 Å². The fourth-order valence-corrected chi connectivity index (χ4v) is 1.69. The summed E-state index contributed by atoms with van der Waals surface area (Å²) in [4.78, 5) is 15.6. The van der Waals surface area contributed by atoms with Gasteiger partial charge in [0.05, 0.1) is 12.6 Å². The average Bonchev–Trinajstić information content (AvgIpc) is 2.28. The van der Waals surface area contributed by atoms with Gasteiger partial charge < -0.3 is 14.5 Å². The quantitative estimate of drug-likeness (QED) is 0.663. The van der Waals surface area contributed by atoms with Gasteiger partial charge in [0.1, 0.15) is 0 Å². The van der Waals surface area contributed by atoms with E-state index < -0.39 is 0 Å². The summed E-state index contributed by atoms with van der Waals surface area (Å²) in [5, 5.41) is 0. The highest BCUT2D eigenvalue weighted by atomic mass is 16.5. The van der Waals surface area contributed by atoms with E-state index in [-0.39, 0.29) is 11.9 Å². The van der Waals surface area contributed by atoms with Gasteiger partial charge >= 0.3 is 0 Å². The average molecular weight is 226 g/mol. The Balaban J connectivity index is 2.37. The molecule has 1 fully saturated rings. The predicted molar refractivity (Wildman–Crippen MR) is 64.3 cm³/mol. The lowest BCUT2D eigenvalue weighted by atomic mass is 10.1. The highest BCUT2D eigenvalue weighted by Gasteiger charge is 2.20. The number of nitrogens with zero attached hydrogens (tertiary/aromatic N) is 2. The third-order valence-electron chi connectivity index (χ3n) is 2.76. The first-order valence-corrected chi connectivity index (χ1v) is 5.77. The SMILES string of the molecule is CN(C)C/C=C/C(=O)N(C)C1CCCOC1. The van der Waals surface area contributed by atoms with E-state index >= 15 is 0 Å². The van der Waals surface area contributed by atoms with Gasteiger partial charge in [0.15, 0.2) is 0 Å². The summed E-state index contributed by atoms with van der Waals surface area (Å²) < 4.78 is 5.37. The molecule has 0 radical (unpaired) electrons. The van der Waals surface area contributed by atoms with E-state index in [0.717, 1.165) is 26.0 Å². The first-order valence-electron chi connectivity index (χ1n) is 5.77. The maximum atomic E-state index is 11.8. The molecule has 0 bridgehead atoms. The third kappa shape index (κ3) is 4.33. The van der Waals surface area contributed by atoms with Crippen molar-refractivity contribution in [1.82, 2.24) is 9.80 Å². The van der Waals surface area contributed by atoms with Crippen molar-refractivity contribution >= 4 is 5.91 Å². The highest BCUT2D eigenvalue weighted by Crippen LogP contribution is 2.12. The fourth-order valence-electron chi connectivity index (χ4n) is 1.69. The van der Waals surface area contributed by atoms with Crippen LogP contribution < -0.4 is 0 Å². The van der Waals surface area contributed by atoms with Crippen LogP contribution in [0, 0.1) is 0 Å². The summed E-state index contributed by atoms with van der Waals surface area (Å²) in [6, 6.07) is 0.241. The predicted octanol–water partition coefficient (Wildman–Crippen LogP) is 0.742. The van der Waals surface area contributed by atoms with Crippen LogP contribution in [0.2, 0.25) is 0 Å². The van der Waals surface area contributed by atoms with Gasteiger partial charge in [-0.25, -0.2) is 0 Å². The minimum atomic E-state index is 0.0670. The Hall–Kier alpha value is -0.870. The summed E-state index contributed by atoms with van der Waals surface area (Å²) in [6.07, 6.45) is 5.63. The molecule has 1 rings (SSSR count). The topological polar surface area (TPSA) is 32.8 Å². The molecule has 1 heterocycles. The standard InChI is InChI=1S/C12H22N2O2/c1-13(2)8-4-7-12(15)14(3)11-6-5-9-16-10-11/h4,7,11H,5-6,8-10H2,1-3H3/b7-4+. The van der Waals surface area contributed by atoms with Crippen molar-refractivity contribution in [3.8, 4) is 0 Å². The number of carbonyl (C=O) groups excluding carboxylic acids is 1. The molecular formula is C12H22N2O2. The Morgan fingerprint density at radius 2 is 2.19 bits per heavy atom. The summed E-state index contributed by atoms with van der Waals surface area (Å²) >= 11 is 0. The Morgan fingerprint density at radius 1 is 1.44 bits per heavy atom. The molecule has 1 saturated heterocycles. The molecule has 92 valence electrons. The van der Waals surface area contributed by atoms with E-state index in [4.69, 9.17) is 4.74 Å². The molecule has 0 aromatic carbocycles. The van der Waals surface area contributed by atoms with Crippen LogP contribution in [0.25, 0.3) is 0 Å². The van der Waals surface area contributed by atoms with Crippen LogP contribution >= 0.6 is 0 Å². The molecule has 1 atom stereocenters. The zero-order chi connectivity index (χ0) is 12.0. The Labute approximate surface area is 97.9 Å². The van der Waals surface area contributed by atoms with Gasteiger partial charge in [0.2, 0.25) is 5.91 Å². The molecule has 0 saturated carbocycles. The second kappa shape index (κ2) is 6.66. The zero-order valence-electron chi connectivity index (χ0n) is 10.5. The number of hydrogen-bond acceptors (Lipinski definition) is 3. The minimum Gasteiger partial charge on any atom is -0.379 e. The van der Waals surface area contributed by atoms with Gasteiger partial charge in [-0.1, -0.05) is 6.08 Å². The van der Waals surface area contributed by atoms with Gasteiger partial charge in [-0.05, 0) is 26.9 Å². The van der Waals surface area contributed by atoms with Crippen LogP contribution in [0.3, 0.4) is 0 Å². The van der Waals surface area contributed by atoms with Crippen molar-refractivity contribution in [2.75, 3.05) is 40.9 Å². The molecule has 0 aromatic rings. The summed E-state index contributed by atoms with van der Waals surface area (Å²) in [7, 11) is 5.81. The van der Waals surface area contributed by atoms with Crippen LogP contribution in [-0.4, -0.2) is 62.7 Å². The lowest BCUT2D eigenvalue weighted by Gasteiger charge is -2.30. The molecule has 4 heteroatoms. The van der Waals surface area contributed by atoms with E-state index in [1.807, 2.05) is 32.1 Å². The van der Waals surface area contributed by atoms with Crippen molar-refractivity contribution in [2.45, 2.75) is 18.9 Å². The van der Waals surface area contributed by atoms with Crippen molar-refractivity contribution in [3.63, 3.8) is 0 Å². The number of ether oxygens (including phenoxy) is 1. The molecule has 0 N–H and O–H groups in total. The second-order valence-electron chi connectivity index (χ2n) is 4.48. The summed E-state index contributed by atoms with van der Waals surface area (Å²) in [5.41, 5.74) is 0. The molecule has 1 amide bonds. The van der Waals surface area contributed by atoms with Crippen molar-refractivity contribution < 1.29 is 9.53 Å². The van der Waals surface area contributed by atoms with Crippen molar-refractivity contribution in [2.24, 2.45) is 0 Å². The molecule has 0 aliphatic carbocycles. The molecule has 1 aliphatic rings. The van der Waals surface area contributed by atoms with Crippen LogP contribution in [0.5, 0.6) is 0 Å². The van der Waals surface area contributed by atoms with Gasteiger partial charge in [-0.2, -0.15) is 0 Å². The van der Waals surface area contributed by atoms with E-state index in [9.17, 15) is 4.79 Å². The van der Waals surface area contributed by atoms with Crippen molar-refractivity contribution in [3.05, 3.63) is 12.2 Å². The molecule has 1 unspecified atom stereocenters. The normalized spacial score (nSPS) is 21.6. The smallest absolute Gasteiger partial charge is 0.246 e. The number of hydrogen-bond donors (Lipinski definition) is 0. The van der Waals surface area contributed by atoms with Gasteiger partial charge in [0.25, 0.3) is 0 Å². The minimum absolute atomic E-state index is 0.0670. The van der Waals surface area contributed by atoms with E-state index in [1.54, 1.807) is 11.0 Å². The van der Waals surface area contributed by atoms with Crippen LogP contribution in [0.15, 0.2) is 12.2 Å². The molecule has 16 heavy (non-hydrogen) atoms.